The Morgan fingerprint density at radius 2 is 1.86 bits per heavy atom. The van der Waals surface area contributed by atoms with Crippen LogP contribution in [0.1, 0.15) is 15.9 Å². The van der Waals surface area contributed by atoms with Gasteiger partial charge in [0.05, 0.1) is 12.8 Å². The third kappa shape index (κ3) is 5.03. The van der Waals surface area contributed by atoms with Crippen LogP contribution < -0.4 is 10.7 Å². The normalized spacial score (nSPS) is 10.4. The topological polar surface area (TPSA) is 70.6 Å². The molecule has 0 radical (unpaired) electrons. The summed E-state index contributed by atoms with van der Waals surface area (Å²) >= 11 is 5.80. The summed E-state index contributed by atoms with van der Waals surface area (Å²) in [4.78, 5) is 23.4. The number of rotatable bonds is 5. The molecule has 0 bridgehead atoms. The summed E-state index contributed by atoms with van der Waals surface area (Å²) in [6, 6.07) is 15.8. The highest BCUT2D eigenvalue weighted by Gasteiger charge is 2.07. The number of nitrogens with one attached hydrogen (secondary N) is 2. The molecule has 2 aromatic rings. The van der Waals surface area contributed by atoms with Crippen LogP contribution in [0.25, 0.3) is 0 Å². The van der Waals surface area contributed by atoms with Gasteiger partial charge in [0.15, 0.2) is 0 Å². The Bertz CT molecular complexity index is 687. The minimum Gasteiger partial charge on any atom is -0.343 e. The highest BCUT2D eigenvalue weighted by molar-refractivity contribution is 6.30. The molecule has 6 heteroatoms. The fourth-order valence-corrected chi connectivity index (χ4v) is 1.84. The van der Waals surface area contributed by atoms with Crippen molar-refractivity contribution in [3.63, 3.8) is 0 Å². The lowest BCUT2D eigenvalue weighted by atomic mass is 10.2. The van der Waals surface area contributed by atoms with Crippen molar-refractivity contribution in [1.82, 2.24) is 10.7 Å². The summed E-state index contributed by atoms with van der Waals surface area (Å²) in [6.45, 7) is -0.169. The lowest BCUT2D eigenvalue weighted by Gasteiger charge is -2.04. The molecular formula is C16H14ClN3O2. The number of nitrogens with zero attached hydrogens (tertiary/aromatic N) is 1. The van der Waals surface area contributed by atoms with E-state index in [1.807, 2.05) is 30.3 Å². The van der Waals surface area contributed by atoms with Gasteiger partial charge in [-0.25, -0.2) is 5.43 Å². The average molecular weight is 316 g/mol. The fourth-order valence-electron chi connectivity index (χ4n) is 1.65. The second-order valence-corrected chi connectivity index (χ2v) is 4.83. The molecule has 112 valence electrons. The van der Waals surface area contributed by atoms with Crippen molar-refractivity contribution >= 4 is 29.6 Å². The predicted molar refractivity (Wildman–Crippen MR) is 86.0 cm³/mol. The van der Waals surface area contributed by atoms with Crippen LogP contribution >= 0.6 is 11.6 Å². The summed E-state index contributed by atoms with van der Waals surface area (Å²) in [5.41, 5.74) is 3.60. The van der Waals surface area contributed by atoms with E-state index in [1.54, 1.807) is 18.2 Å². The maximum Gasteiger partial charge on any atom is 0.259 e. The molecule has 2 aromatic carbocycles. The van der Waals surface area contributed by atoms with Gasteiger partial charge in [-0.3, -0.25) is 9.59 Å². The van der Waals surface area contributed by atoms with Crippen molar-refractivity contribution in [2.75, 3.05) is 6.54 Å². The van der Waals surface area contributed by atoms with Gasteiger partial charge < -0.3 is 5.32 Å². The first-order valence-electron chi connectivity index (χ1n) is 6.56. The molecule has 0 atom stereocenters. The molecule has 0 aliphatic carbocycles. The number of hydrogen-bond acceptors (Lipinski definition) is 3. The van der Waals surface area contributed by atoms with Crippen LogP contribution in [-0.4, -0.2) is 24.6 Å². The third-order valence-electron chi connectivity index (χ3n) is 2.70. The Balaban J connectivity index is 1.78. The standard InChI is InChI=1S/C16H14ClN3O2/c17-14-8-4-7-13(9-14)16(22)18-11-15(21)20-19-10-12-5-2-1-3-6-12/h1-10H,11H2,(H,18,22)(H,20,21)/b19-10+. The average Bonchev–Trinajstić information content (AvgIpc) is 2.53. The molecule has 22 heavy (non-hydrogen) atoms. The highest BCUT2D eigenvalue weighted by Crippen LogP contribution is 2.10. The number of halogens is 1. The summed E-state index contributed by atoms with van der Waals surface area (Å²) in [5.74, 6) is -0.785. The van der Waals surface area contributed by atoms with Crippen LogP contribution in [0.2, 0.25) is 5.02 Å². The maximum absolute atomic E-state index is 11.8. The van der Waals surface area contributed by atoms with Crippen molar-refractivity contribution in [3.8, 4) is 0 Å². The van der Waals surface area contributed by atoms with Gasteiger partial charge in [-0.15, -0.1) is 0 Å². The van der Waals surface area contributed by atoms with E-state index < -0.39 is 5.91 Å². The van der Waals surface area contributed by atoms with E-state index in [0.717, 1.165) is 5.56 Å². The van der Waals surface area contributed by atoms with Gasteiger partial charge in [-0.2, -0.15) is 5.10 Å². The zero-order chi connectivity index (χ0) is 15.8. The summed E-state index contributed by atoms with van der Waals surface area (Å²) < 4.78 is 0. The molecular weight excluding hydrogens is 302 g/mol. The molecule has 0 saturated heterocycles. The predicted octanol–water partition coefficient (Wildman–Crippen LogP) is 2.22. The molecule has 0 unspecified atom stereocenters. The van der Waals surface area contributed by atoms with Crippen LogP contribution in [0.4, 0.5) is 0 Å². The van der Waals surface area contributed by atoms with Gasteiger partial charge >= 0.3 is 0 Å². The molecule has 0 saturated carbocycles. The van der Waals surface area contributed by atoms with Gasteiger partial charge in [-0.1, -0.05) is 48.0 Å². The SMILES string of the molecule is O=C(CNC(=O)c1cccc(Cl)c1)N/N=C/c1ccccc1. The lowest BCUT2D eigenvalue weighted by Crippen LogP contribution is -2.34. The molecule has 0 aliphatic heterocycles. The zero-order valence-electron chi connectivity index (χ0n) is 11.6. The number of carbonyl (C=O) groups is 2. The first-order valence-corrected chi connectivity index (χ1v) is 6.93. The number of amides is 2. The smallest absolute Gasteiger partial charge is 0.259 e. The number of hydrazone groups is 1. The number of carbonyl (C=O) groups excluding carboxylic acids is 2. The second-order valence-electron chi connectivity index (χ2n) is 4.40. The molecule has 2 N–H and O–H groups in total. The third-order valence-corrected chi connectivity index (χ3v) is 2.93. The van der Waals surface area contributed by atoms with E-state index in [9.17, 15) is 9.59 Å². The Hall–Kier alpha value is -2.66. The van der Waals surface area contributed by atoms with Crippen molar-refractivity contribution in [2.45, 2.75) is 0 Å². The van der Waals surface area contributed by atoms with E-state index in [1.165, 1.54) is 12.3 Å². The van der Waals surface area contributed by atoms with Gasteiger partial charge in [0.2, 0.25) is 0 Å². The van der Waals surface area contributed by atoms with Gasteiger partial charge in [0, 0.05) is 10.6 Å². The van der Waals surface area contributed by atoms with E-state index in [-0.39, 0.29) is 12.5 Å². The van der Waals surface area contributed by atoms with E-state index in [2.05, 4.69) is 15.8 Å². The molecule has 0 heterocycles. The van der Waals surface area contributed by atoms with Gasteiger partial charge in [0.25, 0.3) is 11.8 Å². The highest BCUT2D eigenvalue weighted by atomic mass is 35.5. The van der Waals surface area contributed by atoms with Crippen LogP contribution in [0, 0.1) is 0 Å². The monoisotopic (exact) mass is 315 g/mol. The lowest BCUT2D eigenvalue weighted by molar-refractivity contribution is -0.120. The second kappa shape index (κ2) is 7.95. The van der Waals surface area contributed by atoms with Gasteiger partial charge in [-0.05, 0) is 23.8 Å². The van der Waals surface area contributed by atoms with E-state index in [0.29, 0.717) is 10.6 Å². The molecule has 2 rings (SSSR count). The molecule has 5 nitrogen and oxygen atoms in total. The van der Waals surface area contributed by atoms with Crippen molar-refractivity contribution in [1.29, 1.82) is 0 Å². The number of benzene rings is 2. The van der Waals surface area contributed by atoms with Crippen LogP contribution in [-0.2, 0) is 4.79 Å². The van der Waals surface area contributed by atoms with Crippen molar-refractivity contribution in [3.05, 3.63) is 70.7 Å². The van der Waals surface area contributed by atoms with E-state index >= 15 is 0 Å². The molecule has 0 aromatic heterocycles. The van der Waals surface area contributed by atoms with Crippen LogP contribution in [0.5, 0.6) is 0 Å². The molecule has 2 amide bonds. The minimum atomic E-state index is -0.414. The van der Waals surface area contributed by atoms with Crippen molar-refractivity contribution < 1.29 is 9.59 Å². The largest absolute Gasteiger partial charge is 0.343 e. The summed E-state index contributed by atoms with van der Waals surface area (Å²) in [7, 11) is 0. The maximum atomic E-state index is 11.8. The molecule has 0 aliphatic rings. The molecule has 0 fully saturated rings. The Kier molecular flexibility index (Phi) is 5.68. The first kappa shape index (κ1) is 15.7. The Morgan fingerprint density at radius 1 is 1.09 bits per heavy atom. The minimum absolute atomic E-state index is 0.169. The van der Waals surface area contributed by atoms with E-state index in [4.69, 9.17) is 11.6 Å². The number of hydrogen-bond donors (Lipinski definition) is 2. The van der Waals surface area contributed by atoms with Crippen LogP contribution in [0.15, 0.2) is 59.7 Å². The van der Waals surface area contributed by atoms with Crippen LogP contribution in [0.3, 0.4) is 0 Å². The zero-order valence-corrected chi connectivity index (χ0v) is 12.4. The Labute approximate surface area is 133 Å². The van der Waals surface area contributed by atoms with Crippen molar-refractivity contribution in [2.24, 2.45) is 5.10 Å². The summed E-state index contributed by atoms with van der Waals surface area (Å²) in [6.07, 6.45) is 1.52. The Morgan fingerprint density at radius 3 is 2.59 bits per heavy atom. The summed E-state index contributed by atoms with van der Waals surface area (Å²) in [5, 5.41) is 6.76. The van der Waals surface area contributed by atoms with Gasteiger partial charge in [0.1, 0.15) is 0 Å². The molecule has 0 spiro atoms. The fraction of sp³-hybridized carbons (Fsp3) is 0.0625. The first-order chi connectivity index (χ1) is 10.6. The quantitative estimate of drug-likeness (QED) is 0.656.